The summed E-state index contributed by atoms with van der Waals surface area (Å²) in [4.78, 5) is 21.5. The summed E-state index contributed by atoms with van der Waals surface area (Å²) in [7, 11) is 0. The number of imidazole rings is 1. The van der Waals surface area contributed by atoms with Crippen LogP contribution in [0.25, 0.3) is 11.2 Å². The molecule has 0 unspecified atom stereocenters. The topological polar surface area (TPSA) is 90.9 Å². The van der Waals surface area contributed by atoms with Crippen LogP contribution in [0.3, 0.4) is 0 Å². The van der Waals surface area contributed by atoms with Gasteiger partial charge in [-0.2, -0.15) is 0 Å². The summed E-state index contributed by atoms with van der Waals surface area (Å²) < 4.78 is 0. The first-order chi connectivity index (χ1) is 6.31. The molecule has 0 bridgehead atoms. The summed E-state index contributed by atoms with van der Waals surface area (Å²) in [6.07, 6.45) is 1.48. The number of hydroxylamine groups is 1. The Morgan fingerprint density at radius 3 is 3.15 bits per heavy atom. The number of aromatic amines is 1. The molecule has 0 fully saturated rings. The van der Waals surface area contributed by atoms with Gasteiger partial charge in [0.1, 0.15) is 5.69 Å². The van der Waals surface area contributed by atoms with Crippen molar-refractivity contribution in [2.45, 2.75) is 0 Å². The lowest BCUT2D eigenvalue weighted by molar-refractivity contribution is 0.0701. The Morgan fingerprint density at radius 2 is 2.38 bits per heavy atom. The van der Waals surface area contributed by atoms with E-state index in [1.54, 1.807) is 6.07 Å². The second kappa shape index (κ2) is 2.83. The molecule has 0 aromatic carbocycles. The molecule has 0 spiro atoms. The van der Waals surface area contributed by atoms with E-state index in [0.29, 0.717) is 5.65 Å². The largest absolute Gasteiger partial charge is 0.343 e. The zero-order valence-corrected chi connectivity index (χ0v) is 6.48. The highest BCUT2D eigenvalue weighted by atomic mass is 16.5. The van der Waals surface area contributed by atoms with Crippen molar-refractivity contribution in [1.82, 2.24) is 20.4 Å². The number of nitrogens with one attached hydrogen (secondary N) is 2. The third-order valence-electron chi connectivity index (χ3n) is 1.62. The lowest BCUT2D eigenvalue weighted by Gasteiger charge is -1.95. The highest BCUT2D eigenvalue weighted by Crippen LogP contribution is 2.06. The van der Waals surface area contributed by atoms with Crippen molar-refractivity contribution in [3.8, 4) is 0 Å². The molecule has 6 nitrogen and oxygen atoms in total. The van der Waals surface area contributed by atoms with E-state index in [-0.39, 0.29) is 5.69 Å². The van der Waals surface area contributed by atoms with Gasteiger partial charge in [0, 0.05) is 0 Å². The average Bonchev–Trinajstić information content (AvgIpc) is 2.63. The van der Waals surface area contributed by atoms with Crippen LogP contribution in [0.4, 0.5) is 0 Å². The molecule has 2 rings (SSSR count). The molecule has 0 aliphatic carbocycles. The quantitative estimate of drug-likeness (QED) is 0.426. The number of H-pyrrole nitrogens is 1. The number of hydrogen-bond acceptors (Lipinski definition) is 4. The zero-order chi connectivity index (χ0) is 9.26. The molecule has 13 heavy (non-hydrogen) atoms. The lowest BCUT2D eigenvalue weighted by atomic mass is 10.3. The van der Waals surface area contributed by atoms with Crippen molar-refractivity contribution < 1.29 is 10.0 Å². The summed E-state index contributed by atoms with van der Waals surface area (Å²) in [6, 6.07) is 3.16. The Bertz CT molecular complexity index is 450. The molecule has 0 aliphatic heterocycles. The minimum atomic E-state index is -0.648. The third-order valence-corrected chi connectivity index (χ3v) is 1.62. The molecule has 1 amide bonds. The van der Waals surface area contributed by atoms with Gasteiger partial charge in [0.25, 0.3) is 5.91 Å². The van der Waals surface area contributed by atoms with Gasteiger partial charge >= 0.3 is 0 Å². The van der Waals surface area contributed by atoms with E-state index in [1.807, 2.05) is 0 Å². The Balaban J connectivity index is 2.54. The second-order valence-electron chi connectivity index (χ2n) is 2.41. The van der Waals surface area contributed by atoms with Gasteiger partial charge in [-0.25, -0.2) is 15.4 Å². The van der Waals surface area contributed by atoms with Crippen LogP contribution in [-0.4, -0.2) is 26.1 Å². The van der Waals surface area contributed by atoms with E-state index in [4.69, 9.17) is 5.21 Å². The number of hydrogen-bond donors (Lipinski definition) is 3. The Labute approximate surface area is 72.6 Å². The van der Waals surface area contributed by atoms with Gasteiger partial charge < -0.3 is 4.98 Å². The van der Waals surface area contributed by atoms with Crippen molar-refractivity contribution in [2.24, 2.45) is 0 Å². The van der Waals surface area contributed by atoms with E-state index >= 15 is 0 Å². The predicted molar refractivity (Wildman–Crippen MR) is 43.1 cm³/mol. The Hall–Kier alpha value is -1.95. The number of nitrogens with zero attached hydrogens (tertiary/aromatic N) is 2. The predicted octanol–water partition coefficient (Wildman–Crippen LogP) is 0.0769. The molecular formula is C7H6N4O2. The summed E-state index contributed by atoms with van der Waals surface area (Å²) in [5.41, 5.74) is 2.82. The number of fused-ring (bicyclic) bond motifs is 1. The maximum Gasteiger partial charge on any atom is 0.293 e. The summed E-state index contributed by atoms with van der Waals surface area (Å²) in [6.45, 7) is 0. The van der Waals surface area contributed by atoms with Crippen LogP contribution >= 0.6 is 0 Å². The van der Waals surface area contributed by atoms with Crippen LogP contribution in [0.1, 0.15) is 10.5 Å². The van der Waals surface area contributed by atoms with Crippen molar-refractivity contribution >= 4 is 17.1 Å². The van der Waals surface area contributed by atoms with Gasteiger partial charge in [-0.15, -0.1) is 0 Å². The van der Waals surface area contributed by atoms with Gasteiger partial charge in [-0.05, 0) is 12.1 Å². The second-order valence-corrected chi connectivity index (χ2v) is 2.41. The summed E-state index contributed by atoms with van der Waals surface area (Å²) in [5.74, 6) is -0.648. The fraction of sp³-hybridized carbons (Fsp3) is 0. The molecule has 0 radical (unpaired) electrons. The third kappa shape index (κ3) is 1.23. The van der Waals surface area contributed by atoms with Crippen LogP contribution in [0.5, 0.6) is 0 Å². The molecule has 0 saturated heterocycles. The number of carbonyl (C=O) groups is 1. The fourth-order valence-corrected chi connectivity index (χ4v) is 1.01. The van der Waals surface area contributed by atoms with Crippen LogP contribution in [0, 0.1) is 0 Å². The zero-order valence-electron chi connectivity index (χ0n) is 6.48. The maximum atomic E-state index is 10.9. The van der Waals surface area contributed by atoms with E-state index in [9.17, 15) is 4.79 Å². The maximum absolute atomic E-state index is 10.9. The highest BCUT2D eigenvalue weighted by molar-refractivity contribution is 5.93. The first-order valence-electron chi connectivity index (χ1n) is 3.56. The van der Waals surface area contributed by atoms with Gasteiger partial charge in [-0.3, -0.25) is 10.0 Å². The number of rotatable bonds is 1. The van der Waals surface area contributed by atoms with E-state index in [1.165, 1.54) is 17.9 Å². The summed E-state index contributed by atoms with van der Waals surface area (Å²) in [5, 5.41) is 8.34. The Kier molecular flexibility index (Phi) is 1.67. The van der Waals surface area contributed by atoms with Gasteiger partial charge in [0.2, 0.25) is 0 Å². The van der Waals surface area contributed by atoms with Crippen LogP contribution in [0.15, 0.2) is 18.5 Å². The average molecular weight is 178 g/mol. The van der Waals surface area contributed by atoms with Crippen molar-refractivity contribution in [3.63, 3.8) is 0 Å². The van der Waals surface area contributed by atoms with Gasteiger partial charge in [0.05, 0.1) is 11.8 Å². The normalized spacial score (nSPS) is 10.2. The number of aromatic nitrogens is 3. The molecule has 0 saturated carbocycles. The van der Waals surface area contributed by atoms with Crippen LogP contribution in [0.2, 0.25) is 0 Å². The van der Waals surface area contributed by atoms with Crippen molar-refractivity contribution in [2.75, 3.05) is 0 Å². The van der Waals surface area contributed by atoms with Crippen LogP contribution in [-0.2, 0) is 0 Å². The standard InChI is InChI=1S/C7H6N4O2/c12-7(11-13)5-2-1-4-6(10-5)9-3-8-4/h1-3,13H,(H,11,12)(H,8,9,10). The van der Waals surface area contributed by atoms with E-state index in [0.717, 1.165) is 5.52 Å². The van der Waals surface area contributed by atoms with Gasteiger partial charge in [-0.1, -0.05) is 0 Å². The lowest BCUT2D eigenvalue weighted by Crippen LogP contribution is -2.19. The minimum Gasteiger partial charge on any atom is -0.343 e. The van der Waals surface area contributed by atoms with Crippen LogP contribution < -0.4 is 5.48 Å². The Morgan fingerprint density at radius 1 is 1.54 bits per heavy atom. The molecule has 3 N–H and O–H groups in total. The minimum absolute atomic E-state index is 0.127. The molecule has 2 aromatic rings. The molecule has 66 valence electrons. The van der Waals surface area contributed by atoms with E-state index in [2.05, 4.69) is 15.0 Å². The smallest absolute Gasteiger partial charge is 0.293 e. The number of amides is 1. The highest BCUT2D eigenvalue weighted by Gasteiger charge is 2.06. The van der Waals surface area contributed by atoms with Gasteiger partial charge in [0.15, 0.2) is 5.65 Å². The molecule has 2 heterocycles. The molecule has 0 atom stereocenters. The van der Waals surface area contributed by atoms with Crippen molar-refractivity contribution in [1.29, 1.82) is 0 Å². The number of carbonyl (C=O) groups excluding carboxylic acids is 1. The van der Waals surface area contributed by atoms with E-state index < -0.39 is 5.91 Å². The molecule has 2 aromatic heterocycles. The van der Waals surface area contributed by atoms with Crippen molar-refractivity contribution in [3.05, 3.63) is 24.2 Å². The monoisotopic (exact) mass is 178 g/mol. The number of pyridine rings is 1. The fourth-order valence-electron chi connectivity index (χ4n) is 1.01. The SMILES string of the molecule is O=C(NO)c1ccc2[nH]cnc2n1. The first-order valence-corrected chi connectivity index (χ1v) is 3.56. The first kappa shape index (κ1) is 7.69. The molecular weight excluding hydrogens is 172 g/mol. The molecule has 6 heteroatoms. The molecule has 0 aliphatic rings. The summed E-state index contributed by atoms with van der Waals surface area (Å²) >= 11 is 0.